The molecule has 0 radical (unpaired) electrons. The quantitative estimate of drug-likeness (QED) is 0.900. The fraction of sp³-hybridized carbons (Fsp3) is 0.333. The van der Waals surface area contributed by atoms with Gasteiger partial charge in [0.1, 0.15) is 11.6 Å². The summed E-state index contributed by atoms with van der Waals surface area (Å²) in [5.74, 6) is 2.66. The number of aromatic nitrogens is 2. The van der Waals surface area contributed by atoms with Crippen molar-refractivity contribution in [1.82, 2.24) is 9.78 Å². The third-order valence-electron chi connectivity index (χ3n) is 2.33. The summed E-state index contributed by atoms with van der Waals surface area (Å²) < 4.78 is 6.85. The van der Waals surface area contributed by atoms with E-state index in [1.165, 1.54) is 11.8 Å². The molecular formula is C12H15N3O2S. The molecule has 0 spiro atoms. The van der Waals surface area contributed by atoms with Gasteiger partial charge in [-0.3, -0.25) is 9.48 Å². The second kappa shape index (κ2) is 5.77. The zero-order chi connectivity index (χ0) is 13.0. The van der Waals surface area contributed by atoms with E-state index < -0.39 is 0 Å². The largest absolute Gasteiger partial charge is 0.468 e. The molecule has 0 unspecified atom stereocenters. The Balaban J connectivity index is 1.77. The van der Waals surface area contributed by atoms with Crippen LogP contribution < -0.4 is 5.32 Å². The van der Waals surface area contributed by atoms with Crippen LogP contribution in [-0.4, -0.2) is 21.4 Å². The van der Waals surface area contributed by atoms with Gasteiger partial charge in [-0.2, -0.15) is 5.10 Å². The maximum absolute atomic E-state index is 11.7. The monoisotopic (exact) mass is 265 g/mol. The summed E-state index contributed by atoms with van der Waals surface area (Å²) in [5, 5.41) is 6.99. The Kier molecular flexibility index (Phi) is 4.09. The molecule has 0 bridgehead atoms. The minimum absolute atomic E-state index is 0.0328. The van der Waals surface area contributed by atoms with E-state index in [4.69, 9.17) is 4.42 Å². The molecule has 2 heterocycles. The average Bonchev–Trinajstić information content (AvgIpc) is 2.90. The number of rotatable bonds is 5. The number of nitrogens with one attached hydrogen (secondary N) is 1. The third kappa shape index (κ3) is 3.40. The van der Waals surface area contributed by atoms with Crippen LogP contribution >= 0.6 is 11.8 Å². The number of amides is 1. The van der Waals surface area contributed by atoms with Crippen LogP contribution in [0.1, 0.15) is 11.5 Å². The highest BCUT2D eigenvalue weighted by molar-refractivity contribution is 7.99. The van der Waals surface area contributed by atoms with Gasteiger partial charge in [0.25, 0.3) is 0 Å². The van der Waals surface area contributed by atoms with Crippen molar-refractivity contribution in [3.63, 3.8) is 0 Å². The fourth-order valence-corrected chi connectivity index (χ4v) is 2.27. The standard InChI is InChI=1S/C12H15N3O2S/c1-9-6-11(15(2)14-9)13-12(16)8-18-7-10-4-3-5-17-10/h3-6H,7-8H2,1-2H3,(H,13,16). The van der Waals surface area contributed by atoms with Gasteiger partial charge in [-0.15, -0.1) is 11.8 Å². The molecule has 18 heavy (non-hydrogen) atoms. The highest BCUT2D eigenvalue weighted by Crippen LogP contribution is 2.13. The van der Waals surface area contributed by atoms with Crippen molar-refractivity contribution >= 4 is 23.5 Å². The normalized spacial score (nSPS) is 10.6. The summed E-state index contributed by atoms with van der Waals surface area (Å²) in [6.07, 6.45) is 1.63. The molecule has 2 aromatic rings. The van der Waals surface area contributed by atoms with Crippen molar-refractivity contribution in [3.05, 3.63) is 35.9 Å². The Bertz CT molecular complexity index is 519. The van der Waals surface area contributed by atoms with Crippen molar-refractivity contribution in [1.29, 1.82) is 0 Å². The number of furan rings is 1. The predicted molar refractivity (Wildman–Crippen MR) is 71.4 cm³/mol. The van der Waals surface area contributed by atoms with E-state index in [9.17, 15) is 4.79 Å². The SMILES string of the molecule is Cc1cc(NC(=O)CSCc2ccco2)n(C)n1. The van der Waals surface area contributed by atoms with Crippen LogP contribution in [0, 0.1) is 6.92 Å². The lowest BCUT2D eigenvalue weighted by atomic mass is 10.4. The van der Waals surface area contributed by atoms with E-state index in [0.717, 1.165) is 17.3 Å². The molecule has 2 aromatic heterocycles. The number of thioether (sulfide) groups is 1. The van der Waals surface area contributed by atoms with E-state index in [1.807, 2.05) is 25.1 Å². The van der Waals surface area contributed by atoms with Gasteiger partial charge in [0.2, 0.25) is 5.91 Å². The first-order valence-electron chi connectivity index (χ1n) is 5.56. The summed E-state index contributed by atoms with van der Waals surface area (Å²) in [4.78, 5) is 11.7. The number of hydrogen-bond acceptors (Lipinski definition) is 4. The zero-order valence-electron chi connectivity index (χ0n) is 10.3. The van der Waals surface area contributed by atoms with Crippen LogP contribution in [0.4, 0.5) is 5.82 Å². The van der Waals surface area contributed by atoms with Gasteiger partial charge < -0.3 is 9.73 Å². The molecule has 0 saturated carbocycles. The molecule has 2 rings (SSSR count). The van der Waals surface area contributed by atoms with Crippen molar-refractivity contribution < 1.29 is 9.21 Å². The zero-order valence-corrected chi connectivity index (χ0v) is 11.2. The van der Waals surface area contributed by atoms with Crippen LogP contribution in [0.2, 0.25) is 0 Å². The lowest BCUT2D eigenvalue weighted by molar-refractivity contribution is -0.113. The van der Waals surface area contributed by atoms with E-state index >= 15 is 0 Å². The van der Waals surface area contributed by atoms with Crippen LogP contribution in [0.25, 0.3) is 0 Å². The van der Waals surface area contributed by atoms with E-state index in [1.54, 1.807) is 18.0 Å². The lowest BCUT2D eigenvalue weighted by Gasteiger charge is -2.04. The first kappa shape index (κ1) is 12.8. The van der Waals surface area contributed by atoms with Gasteiger partial charge in [-0.05, 0) is 19.1 Å². The van der Waals surface area contributed by atoms with E-state index in [-0.39, 0.29) is 5.91 Å². The first-order chi connectivity index (χ1) is 8.65. The number of aryl methyl sites for hydroxylation is 2. The summed E-state index contributed by atoms with van der Waals surface area (Å²) in [5.41, 5.74) is 0.885. The average molecular weight is 265 g/mol. The molecule has 96 valence electrons. The first-order valence-corrected chi connectivity index (χ1v) is 6.71. The van der Waals surface area contributed by atoms with Gasteiger partial charge in [0, 0.05) is 13.1 Å². The van der Waals surface area contributed by atoms with Crippen molar-refractivity contribution in [3.8, 4) is 0 Å². The Morgan fingerprint density at radius 1 is 1.61 bits per heavy atom. The van der Waals surface area contributed by atoms with E-state index in [2.05, 4.69) is 10.4 Å². The highest BCUT2D eigenvalue weighted by atomic mass is 32.2. The summed E-state index contributed by atoms with van der Waals surface area (Å²) in [6, 6.07) is 5.58. The maximum atomic E-state index is 11.7. The van der Waals surface area contributed by atoms with Crippen LogP contribution in [0.5, 0.6) is 0 Å². The molecule has 0 saturated heterocycles. The summed E-state index contributed by atoms with van der Waals surface area (Å²) in [7, 11) is 1.80. The van der Waals surface area contributed by atoms with Gasteiger partial charge in [0.15, 0.2) is 0 Å². The smallest absolute Gasteiger partial charge is 0.235 e. The molecular weight excluding hydrogens is 250 g/mol. The molecule has 0 aliphatic carbocycles. The number of nitrogens with zero attached hydrogens (tertiary/aromatic N) is 2. The molecule has 1 amide bonds. The Morgan fingerprint density at radius 2 is 2.44 bits per heavy atom. The molecule has 0 aliphatic rings. The second-order valence-electron chi connectivity index (χ2n) is 3.91. The molecule has 5 nitrogen and oxygen atoms in total. The van der Waals surface area contributed by atoms with Crippen LogP contribution in [0.15, 0.2) is 28.9 Å². The Labute approximate surface area is 110 Å². The fourth-order valence-electron chi connectivity index (χ4n) is 1.55. The summed E-state index contributed by atoms with van der Waals surface area (Å²) in [6.45, 7) is 1.89. The minimum atomic E-state index is -0.0328. The Morgan fingerprint density at radius 3 is 3.06 bits per heavy atom. The van der Waals surface area contributed by atoms with Crippen LogP contribution in [0.3, 0.4) is 0 Å². The Hall–Kier alpha value is -1.69. The number of carbonyl (C=O) groups excluding carboxylic acids is 1. The molecule has 1 N–H and O–H groups in total. The number of carbonyl (C=O) groups is 1. The lowest BCUT2D eigenvalue weighted by Crippen LogP contribution is -2.16. The second-order valence-corrected chi connectivity index (χ2v) is 4.90. The predicted octanol–water partition coefficient (Wildman–Crippen LogP) is 2.19. The van der Waals surface area contributed by atoms with Crippen molar-refractivity contribution in [2.75, 3.05) is 11.1 Å². The minimum Gasteiger partial charge on any atom is -0.468 e. The van der Waals surface area contributed by atoms with Gasteiger partial charge in [0.05, 0.1) is 23.5 Å². The van der Waals surface area contributed by atoms with Gasteiger partial charge in [-0.25, -0.2) is 0 Å². The van der Waals surface area contributed by atoms with Gasteiger partial charge >= 0.3 is 0 Å². The molecule has 0 aliphatic heterocycles. The molecule has 0 aromatic carbocycles. The van der Waals surface area contributed by atoms with Crippen LogP contribution in [-0.2, 0) is 17.6 Å². The number of anilines is 1. The molecule has 0 fully saturated rings. The molecule has 0 atom stereocenters. The van der Waals surface area contributed by atoms with E-state index in [0.29, 0.717) is 11.5 Å². The molecule has 6 heteroatoms. The van der Waals surface area contributed by atoms with Crippen molar-refractivity contribution in [2.24, 2.45) is 7.05 Å². The van der Waals surface area contributed by atoms with Gasteiger partial charge in [-0.1, -0.05) is 0 Å². The maximum Gasteiger partial charge on any atom is 0.235 e. The third-order valence-corrected chi connectivity index (χ3v) is 3.28. The highest BCUT2D eigenvalue weighted by Gasteiger charge is 2.07. The summed E-state index contributed by atoms with van der Waals surface area (Å²) >= 11 is 1.52. The van der Waals surface area contributed by atoms with Crippen molar-refractivity contribution in [2.45, 2.75) is 12.7 Å². The number of hydrogen-bond donors (Lipinski definition) is 1. The topological polar surface area (TPSA) is 60.1 Å².